The van der Waals surface area contributed by atoms with Crippen molar-refractivity contribution >= 4 is 22.9 Å². The van der Waals surface area contributed by atoms with Gasteiger partial charge in [-0.15, -0.1) is 11.3 Å². The summed E-state index contributed by atoms with van der Waals surface area (Å²) in [6.45, 7) is 1.45. The topological polar surface area (TPSA) is 45.1 Å². The second kappa shape index (κ2) is 5.30. The molecule has 84 valence electrons. The molecular formula is C11H11ClN2OS. The summed E-state index contributed by atoms with van der Waals surface area (Å²) in [5, 5.41) is 12.3. The fraction of sp³-hybridized carbons (Fsp3) is 0.182. The van der Waals surface area contributed by atoms with Crippen LogP contribution in [0.3, 0.4) is 0 Å². The van der Waals surface area contributed by atoms with Crippen LogP contribution in [0, 0.1) is 0 Å². The van der Waals surface area contributed by atoms with E-state index in [9.17, 15) is 0 Å². The van der Waals surface area contributed by atoms with Crippen LogP contribution in [0.1, 0.15) is 10.6 Å². The second-order valence-electron chi connectivity index (χ2n) is 3.32. The molecule has 2 rings (SSSR count). The van der Waals surface area contributed by atoms with Gasteiger partial charge in [-0.3, -0.25) is 4.98 Å². The Bertz CT molecular complexity index is 455. The molecule has 0 atom stereocenters. The van der Waals surface area contributed by atoms with Crippen molar-refractivity contribution in [2.45, 2.75) is 13.1 Å². The van der Waals surface area contributed by atoms with Crippen LogP contribution >= 0.6 is 22.9 Å². The molecule has 2 aromatic heterocycles. The highest BCUT2D eigenvalue weighted by Crippen LogP contribution is 2.21. The van der Waals surface area contributed by atoms with Crippen LogP contribution in [0.2, 0.25) is 4.34 Å². The van der Waals surface area contributed by atoms with Crippen molar-refractivity contribution in [3.8, 4) is 5.75 Å². The van der Waals surface area contributed by atoms with Gasteiger partial charge >= 0.3 is 0 Å². The van der Waals surface area contributed by atoms with E-state index in [4.69, 9.17) is 16.7 Å². The van der Waals surface area contributed by atoms with Gasteiger partial charge in [0, 0.05) is 18.0 Å². The maximum atomic E-state index is 9.07. The Kier molecular flexibility index (Phi) is 3.77. The summed E-state index contributed by atoms with van der Waals surface area (Å²) >= 11 is 7.39. The third-order valence-corrected chi connectivity index (χ3v) is 3.27. The van der Waals surface area contributed by atoms with E-state index < -0.39 is 0 Å². The van der Waals surface area contributed by atoms with E-state index >= 15 is 0 Å². The molecule has 2 N–H and O–H groups in total. The van der Waals surface area contributed by atoms with Gasteiger partial charge < -0.3 is 10.4 Å². The zero-order chi connectivity index (χ0) is 11.4. The first kappa shape index (κ1) is 11.4. The lowest BCUT2D eigenvalue weighted by Gasteiger charge is -2.02. The van der Waals surface area contributed by atoms with Gasteiger partial charge in [-0.25, -0.2) is 0 Å². The lowest BCUT2D eigenvalue weighted by molar-refractivity contribution is 0.471. The van der Waals surface area contributed by atoms with E-state index in [1.165, 1.54) is 11.1 Å². The highest BCUT2D eigenvalue weighted by Gasteiger charge is 1.98. The molecule has 0 bridgehead atoms. The fourth-order valence-electron chi connectivity index (χ4n) is 1.28. The molecule has 0 amide bonds. The van der Waals surface area contributed by atoms with Crippen LogP contribution in [0.5, 0.6) is 5.75 Å². The summed E-state index contributed by atoms with van der Waals surface area (Å²) in [6, 6.07) is 7.32. The number of hydrogen-bond donors (Lipinski definition) is 2. The van der Waals surface area contributed by atoms with Crippen LogP contribution in [-0.4, -0.2) is 10.1 Å². The number of aromatic hydroxyl groups is 1. The zero-order valence-electron chi connectivity index (χ0n) is 8.48. The number of nitrogens with one attached hydrogen (secondary N) is 1. The van der Waals surface area contributed by atoms with E-state index in [2.05, 4.69) is 10.3 Å². The van der Waals surface area contributed by atoms with Gasteiger partial charge in [-0.2, -0.15) is 0 Å². The number of pyridine rings is 1. The average molecular weight is 255 g/mol. The molecule has 3 nitrogen and oxygen atoms in total. The average Bonchev–Trinajstić information content (AvgIpc) is 2.67. The predicted octanol–water partition coefficient (Wildman–Crippen LogP) is 2.79. The van der Waals surface area contributed by atoms with E-state index in [0.29, 0.717) is 6.54 Å². The van der Waals surface area contributed by atoms with Crippen LogP contribution in [0.15, 0.2) is 30.5 Å². The lowest BCUT2D eigenvalue weighted by Crippen LogP contribution is -2.12. The molecule has 0 unspecified atom stereocenters. The molecule has 0 aliphatic carbocycles. The van der Waals surface area contributed by atoms with Gasteiger partial charge in [0.25, 0.3) is 0 Å². The van der Waals surface area contributed by atoms with Crippen molar-refractivity contribution in [2.24, 2.45) is 0 Å². The third-order valence-electron chi connectivity index (χ3n) is 2.04. The highest BCUT2D eigenvalue weighted by atomic mass is 35.5. The molecule has 0 spiro atoms. The quantitative estimate of drug-likeness (QED) is 0.882. The summed E-state index contributed by atoms with van der Waals surface area (Å²) in [4.78, 5) is 5.28. The highest BCUT2D eigenvalue weighted by molar-refractivity contribution is 7.16. The molecular weight excluding hydrogens is 244 g/mol. The maximum Gasteiger partial charge on any atom is 0.133 e. The van der Waals surface area contributed by atoms with E-state index in [1.807, 2.05) is 12.1 Å². The number of aromatic nitrogens is 1. The van der Waals surface area contributed by atoms with Gasteiger partial charge in [0.05, 0.1) is 16.2 Å². The van der Waals surface area contributed by atoms with Gasteiger partial charge in [-0.05, 0) is 24.3 Å². The van der Waals surface area contributed by atoms with Crippen LogP contribution in [-0.2, 0) is 13.1 Å². The predicted molar refractivity (Wildman–Crippen MR) is 65.8 cm³/mol. The van der Waals surface area contributed by atoms with Gasteiger partial charge in [0.15, 0.2) is 0 Å². The summed E-state index contributed by atoms with van der Waals surface area (Å²) in [5.41, 5.74) is 0.903. The molecule has 0 aliphatic rings. The molecule has 2 heterocycles. The van der Waals surface area contributed by atoms with E-state index in [0.717, 1.165) is 16.6 Å². The van der Waals surface area contributed by atoms with Crippen LogP contribution in [0.25, 0.3) is 0 Å². The molecule has 0 aromatic carbocycles. The number of rotatable bonds is 4. The number of nitrogens with zero attached hydrogens (tertiary/aromatic N) is 1. The normalized spacial score (nSPS) is 10.6. The fourth-order valence-corrected chi connectivity index (χ4v) is 2.34. The first-order chi connectivity index (χ1) is 7.74. The summed E-state index contributed by atoms with van der Waals surface area (Å²) in [6.07, 6.45) is 1.44. The minimum absolute atomic E-state index is 0.189. The van der Waals surface area contributed by atoms with Crippen LogP contribution < -0.4 is 5.32 Å². The minimum Gasteiger partial charge on any atom is -0.506 e. The van der Waals surface area contributed by atoms with Crippen molar-refractivity contribution < 1.29 is 5.11 Å². The van der Waals surface area contributed by atoms with Gasteiger partial charge in [0.2, 0.25) is 0 Å². The van der Waals surface area contributed by atoms with Crippen molar-refractivity contribution in [3.63, 3.8) is 0 Å². The van der Waals surface area contributed by atoms with Crippen molar-refractivity contribution in [2.75, 3.05) is 0 Å². The van der Waals surface area contributed by atoms with Gasteiger partial charge in [0.1, 0.15) is 5.75 Å². The molecule has 0 saturated carbocycles. The largest absolute Gasteiger partial charge is 0.506 e. The molecule has 0 aliphatic heterocycles. The lowest BCUT2D eigenvalue weighted by atomic mass is 10.3. The van der Waals surface area contributed by atoms with Crippen LogP contribution in [0.4, 0.5) is 0 Å². The standard InChI is InChI=1S/C11H11ClN2OS/c12-11-4-3-10(16-11)7-13-5-8-1-2-9(15)6-14-8/h1-4,6,13,15H,5,7H2. The first-order valence-corrected chi connectivity index (χ1v) is 6.02. The maximum absolute atomic E-state index is 9.07. The Morgan fingerprint density at radius 2 is 2.12 bits per heavy atom. The Hall–Kier alpha value is -1.10. The summed E-state index contributed by atoms with van der Waals surface area (Å²) in [7, 11) is 0. The van der Waals surface area contributed by atoms with Crippen molar-refractivity contribution in [1.29, 1.82) is 0 Å². The number of hydrogen-bond acceptors (Lipinski definition) is 4. The molecule has 16 heavy (non-hydrogen) atoms. The third kappa shape index (κ3) is 3.20. The first-order valence-electron chi connectivity index (χ1n) is 4.83. The zero-order valence-corrected chi connectivity index (χ0v) is 10.1. The Morgan fingerprint density at radius 3 is 2.75 bits per heavy atom. The molecule has 0 radical (unpaired) electrons. The minimum atomic E-state index is 0.189. The summed E-state index contributed by atoms with van der Waals surface area (Å²) in [5.74, 6) is 0.189. The number of thiophene rings is 1. The monoisotopic (exact) mass is 254 g/mol. The van der Waals surface area contributed by atoms with E-state index in [1.54, 1.807) is 23.5 Å². The molecule has 0 saturated heterocycles. The molecule has 0 fully saturated rings. The number of halogens is 1. The molecule has 2 aromatic rings. The molecule has 5 heteroatoms. The van der Waals surface area contributed by atoms with Gasteiger partial charge in [-0.1, -0.05) is 11.6 Å². The Morgan fingerprint density at radius 1 is 1.25 bits per heavy atom. The second-order valence-corrected chi connectivity index (χ2v) is 5.12. The van der Waals surface area contributed by atoms with Crippen molar-refractivity contribution in [3.05, 3.63) is 45.4 Å². The Labute approximate surface area is 103 Å². The van der Waals surface area contributed by atoms with E-state index in [-0.39, 0.29) is 5.75 Å². The Balaban J connectivity index is 1.82. The SMILES string of the molecule is Oc1ccc(CNCc2ccc(Cl)s2)nc1. The summed E-state index contributed by atoms with van der Waals surface area (Å²) < 4.78 is 0.805. The smallest absolute Gasteiger partial charge is 0.133 e. The van der Waals surface area contributed by atoms with Crippen molar-refractivity contribution in [1.82, 2.24) is 10.3 Å².